The van der Waals surface area contributed by atoms with E-state index >= 15 is 0 Å². The van der Waals surface area contributed by atoms with Crippen LogP contribution in [0.5, 0.6) is 0 Å². The summed E-state index contributed by atoms with van der Waals surface area (Å²) in [5.41, 5.74) is 7.43. The second kappa shape index (κ2) is 4.74. The normalized spacial score (nSPS) is 12.9. The van der Waals surface area contributed by atoms with Gasteiger partial charge in [0.1, 0.15) is 0 Å². The highest BCUT2D eigenvalue weighted by molar-refractivity contribution is 9.10. The Labute approximate surface area is 86.9 Å². The van der Waals surface area contributed by atoms with Gasteiger partial charge >= 0.3 is 0 Å². The highest BCUT2D eigenvalue weighted by atomic mass is 79.9. The van der Waals surface area contributed by atoms with Crippen molar-refractivity contribution in [1.29, 1.82) is 0 Å². The first-order valence-corrected chi connectivity index (χ1v) is 5.09. The maximum atomic E-state index is 9.72. The fourth-order valence-corrected chi connectivity index (χ4v) is 1.68. The maximum Gasteiger partial charge on any atom is 0.0805 e. The summed E-state index contributed by atoms with van der Waals surface area (Å²) in [5.74, 6) is 0. The quantitative estimate of drug-likeness (QED) is 0.855. The van der Waals surface area contributed by atoms with Crippen LogP contribution in [0.3, 0.4) is 0 Å². The molecule has 3 N–H and O–H groups in total. The highest BCUT2D eigenvalue weighted by Gasteiger charge is 2.10. The van der Waals surface area contributed by atoms with Crippen molar-refractivity contribution in [2.24, 2.45) is 5.73 Å². The summed E-state index contributed by atoms with van der Waals surface area (Å²) in [6, 6.07) is 5.82. The monoisotopic (exact) mass is 243 g/mol. The van der Waals surface area contributed by atoms with Gasteiger partial charge < -0.3 is 10.8 Å². The third kappa shape index (κ3) is 2.53. The molecule has 0 amide bonds. The topological polar surface area (TPSA) is 46.2 Å². The predicted molar refractivity (Wildman–Crippen MR) is 57.5 cm³/mol. The zero-order chi connectivity index (χ0) is 9.84. The van der Waals surface area contributed by atoms with Crippen LogP contribution >= 0.6 is 15.9 Å². The summed E-state index contributed by atoms with van der Waals surface area (Å²) >= 11 is 3.42. The summed E-state index contributed by atoms with van der Waals surface area (Å²) in [7, 11) is 0. The van der Waals surface area contributed by atoms with Crippen LogP contribution in [0.25, 0.3) is 0 Å². The molecule has 0 aliphatic rings. The molecule has 1 aromatic rings. The molecule has 0 unspecified atom stereocenters. The number of benzene rings is 1. The van der Waals surface area contributed by atoms with Crippen molar-refractivity contribution in [3.05, 3.63) is 33.8 Å². The molecule has 2 nitrogen and oxygen atoms in total. The van der Waals surface area contributed by atoms with Gasteiger partial charge in [0.05, 0.1) is 6.10 Å². The molecule has 0 aliphatic heterocycles. The number of aliphatic hydroxyl groups excluding tert-OH is 1. The lowest BCUT2D eigenvalue weighted by Crippen LogP contribution is -2.07. The van der Waals surface area contributed by atoms with Crippen LogP contribution in [-0.2, 0) is 0 Å². The Bertz CT molecular complexity index is 288. The standard InChI is InChI=1S/C10H14BrNO/c1-7-8(10(13)5-6-12)3-2-4-9(7)11/h2-4,10,13H,5-6,12H2,1H3/t10-/m1/s1. The Morgan fingerprint density at radius 3 is 2.85 bits per heavy atom. The third-order valence-electron chi connectivity index (χ3n) is 2.11. The molecule has 1 aromatic carbocycles. The molecule has 0 bridgehead atoms. The van der Waals surface area contributed by atoms with E-state index in [1.54, 1.807) is 0 Å². The molecule has 1 rings (SSSR count). The van der Waals surface area contributed by atoms with E-state index < -0.39 is 6.10 Å². The Kier molecular flexibility index (Phi) is 3.90. The second-order valence-electron chi connectivity index (χ2n) is 3.05. The van der Waals surface area contributed by atoms with E-state index in [2.05, 4.69) is 15.9 Å². The third-order valence-corrected chi connectivity index (χ3v) is 2.97. The molecule has 3 heteroatoms. The molecular weight excluding hydrogens is 230 g/mol. The van der Waals surface area contributed by atoms with E-state index in [0.717, 1.165) is 15.6 Å². The first-order chi connectivity index (χ1) is 6.16. The summed E-state index contributed by atoms with van der Waals surface area (Å²) in [6.45, 7) is 2.49. The van der Waals surface area contributed by atoms with Gasteiger partial charge in [-0.25, -0.2) is 0 Å². The molecular formula is C10H14BrNO. The summed E-state index contributed by atoms with van der Waals surface area (Å²) in [4.78, 5) is 0. The summed E-state index contributed by atoms with van der Waals surface area (Å²) in [5, 5.41) is 9.72. The van der Waals surface area contributed by atoms with Gasteiger partial charge in [0.15, 0.2) is 0 Å². The van der Waals surface area contributed by atoms with Crippen molar-refractivity contribution in [3.63, 3.8) is 0 Å². The zero-order valence-corrected chi connectivity index (χ0v) is 9.21. The number of rotatable bonds is 3. The van der Waals surface area contributed by atoms with E-state index in [1.165, 1.54) is 0 Å². The second-order valence-corrected chi connectivity index (χ2v) is 3.90. The molecule has 0 aliphatic carbocycles. The van der Waals surface area contributed by atoms with Crippen LogP contribution in [0.15, 0.2) is 22.7 Å². The van der Waals surface area contributed by atoms with Crippen molar-refractivity contribution >= 4 is 15.9 Å². The van der Waals surface area contributed by atoms with Crippen molar-refractivity contribution in [2.45, 2.75) is 19.4 Å². The molecule has 72 valence electrons. The van der Waals surface area contributed by atoms with E-state index in [0.29, 0.717) is 13.0 Å². The average molecular weight is 244 g/mol. The maximum absolute atomic E-state index is 9.72. The Morgan fingerprint density at radius 2 is 2.23 bits per heavy atom. The Morgan fingerprint density at radius 1 is 1.54 bits per heavy atom. The minimum absolute atomic E-state index is 0.442. The minimum atomic E-state index is -0.442. The van der Waals surface area contributed by atoms with Crippen LogP contribution in [0, 0.1) is 6.92 Å². The largest absolute Gasteiger partial charge is 0.388 e. The fourth-order valence-electron chi connectivity index (χ4n) is 1.30. The van der Waals surface area contributed by atoms with Crippen LogP contribution in [0.2, 0.25) is 0 Å². The molecule has 0 saturated carbocycles. The zero-order valence-electron chi connectivity index (χ0n) is 7.63. The van der Waals surface area contributed by atoms with Crippen LogP contribution in [0.1, 0.15) is 23.7 Å². The van der Waals surface area contributed by atoms with Gasteiger partial charge in [0.2, 0.25) is 0 Å². The lowest BCUT2D eigenvalue weighted by molar-refractivity contribution is 0.169. The van der Waals surface area contributed by atoms with Gasteiger partial charge in [0.25, 0.3) is 0 Å². The van der Waals surface area contributed by atoms with Crippen LogP contribution < -0.4 is 5.73 Å². The smallest absolute Gasteiger partial charge is 0.0805 e. The van der Waals surface area contributed by atoms with Gasteiger partial charge in [0, 0.05) is 4.47 Å². The number of hydrogen-bond donors (Lipinski definition) is 2. The van der Waals surface area contributed by atoms with E-state index in [1.807, 2.05) is 25.1 Å². The molecule has 1 atom stereocenters. The van der Waals surface area contributed by atoms with Gasteiger partial charge in [-0.1, -0.05) is 28.1 Å². The van der Waals surface area contributed by atoms with Crippen LogP contribution in [0.4, 0.5) is 0 Å². The average Bonchev–Trinajstić information content (AvgIpc) is 2.10. The molecule has 0 aromatic heterocycles. The molecule has 0 spiro atoms. The van der Waals surface area contributed by atoms with E-state index in [-0.39, 0.29) is 0 Å². The molecule has 0 radical (unpaired) electrons. The highest BCUT2D eigenvalue weighted by Crippen LogP contribution is 2.25. The lowest BCUT2D eigenvalue weighted by Gasteiger charge is -2.13. The first-order valence-electron chi connectivity index (χ1n) is 4.30. The first kappa shape index (κ1) is 10.7. The van der Waals surface area contributed by atoms with E-state index in [4.69, 9.17) is 5.73 Å². The SMILES string of the molecule is Cc1c(Br)cccc1[C@H](O)CCN. The van der Waals surface area contributed by atoms with Gasteiger partial charge in [-0.3, -0.25) is 0 Å². The fraction of sp³-hybridized carbons (Fsp3) is 0.400. The summed E-state index contributed by atoms with van der Waals surface area (Å²) < 4.78 is 1.03. The number of halogens is 1. The van der Waals surface area contributed by atoms with E-state index in [9.17, 15) is 5.11 Å². The molecule has 0 heterocycles. The Balaban J connectivity index is 2.93. The van der Waals surface area contributed by atoms with Gasteiger partial charge in [-0.2, -0.15) is 0 Å². The molecule has 13 heavy (non-hydrogen) atoms. The predicted octanol–water partition coefficient (Wildman–Crippen LogP) is 2.14. The number of nitrogens with two attached hydrogens (primary N) is 1. The molecule has 0 fully saturated rings. The molecule has 0 saturated heterocycles. The summed E-state index contributed by atoms with van der Waals surface area (Å²) in [6.07, 6.45) is 0.166. The minimum Gasteiger partial charge on any atom is -0.388 e. The van der Waals surface area contributed by atoms with Crippen molar-refractivity contribution in [3.8, 4) is 0 Å². The number of aliphatic hydroxyl groups is 1. The van der Waals surface area contributed by atoms with Crippen LogP contribution in [-0.4, -0.2) is 11.7 Å². The van der Waals surface area contributed by atoms with Gasteiger partial charge in [-0.15, -0.1) is 0 Å². The van der Waals surface area contributed by atoms with Gasteiger partial charge in [-0.05, 0) is 37.1 Å². The number of hydrogen-bond acceptors (Lipinski definition) is 2. The van der Waals surface area contributed by atoms with Crippen molar-refractivity contribution in [2.75, 3.05) is 6.54 Å². The van der Waals surface area contributed by atoms with Crippen molar-refractivity contribution < 1.29 is 5.11 Å². The Hall–Kier alpha value is -0.380. The lowest BCUT2D eigenvalue weighted by atomic mass is 10.0. The van der Waals surface area contributed by atoms with Crippen molar-refractivity contribution in [1.82, 2.24) is 0 Å².